The Bertz CT molecular complexity index is 982. The monoisotopic (exact) mass is 498 g/mol. The van der Waals surface area contributed by atoms with Crippen LogP contribution in [0.2, 0.25) is 0 Å². The highest BCUT2D eigenvalue weighted by Crippen LogP contribution is 2.13. The molecule has 0 bridgehead atoms. The SMILES string of the molecule is C#CCNS(=O)(=O)c1ccc(C(=O)OCC(=O)Nc2cccc(I)c2)cc1. The molecule has 0 aromatic heterocycles. The summed E-state index contributed by atoms with van der Waals surface area (Å²) in [5.74, 6) is 0.943. The van der Waals surface area contributed by atoms with Gasteiger partial charge in [-0.15, -0.1) is 6.42 Å². The van der Waals surface area contributed by atoms with Crippen LogP contribution >= 0.6 is 22.6 Å². The number of rotatable bonds is 7. The van der Waals surface area contributed by atoms with E-state index in [0.717, 1.165) is 3.57 Å². The number of anilines is 1. The van der Waals surface area contributed by atoms with E-state index >= 15 is 0 Å². The Morgan fingerprint density at radius 2 is 1.85 bits per heavy atom. The molecule has 27 heavy (non-hydrogen) atoms. The van der Waals surface area contributed by atoms with Gasteiger partial charge in [0, 0.05) is 9.26 Å². The summed E-state index contributed by atoms with van der Waals surface area (Å²) in [5, 5.41) is 2.61. The van der Waals surface area contributed by atoms with Gasteiger partial charge >= 0.3 is 5.97 Å². The minimum atomic E-state index is -3.74. The van der Waals surface area contributed by atoms with E-state index in [-0.39, 0.29) is 17.0 Å². The number of sulfonamides is 1. The zero-order chi connectivity index (χ0) is 19.9. The van der Waals surface area contributed by atoms with Crippen molar-refractivity contribution in [2.24, 2.45) is 0 Å². The largest absolute Gasteiger partial charge is 0.452 e. The molecule has 0 aliphatic carbocycles. The van der Waals surface area contributed by atoms with E-state index in [9.17, 15) is 18.0 Å². The highest BCUT2D eigenvalue weighted by molar-refractivity contribution is 14.1. The molecular weight excluding hydrogens is 483 g/mol. The number of nitrogens with one attached hydrogen (secondary N) is 2. The van der Waals surface area contributed by atoms with Crippen LogP contribution in [-0.4, -0.2) is 33.4 Å². The van der Waals surface area contributed by atoms with Crippen molar-refractivity contribution in [3.05, 3.63) is 57.7 Å². The van der Waals surface area contributed by atoms with Gasteiger partial charge in [0.15, 0.2) is 6.61 Å². The molecule has 0 aliphatic rings. The van der Waals surface area contributed by atoms with Crippen molar-refractivity contribution < 1.29 is 22.7 Å². The second-order valence-electron chi connectivity index (χ2n) is 5.19. The fourth-order valence-corrected chi connectivity index (χ4v) is 3.45. The van der Waals surface area contributed by atoms with Crippen LogP contribution < -0.4 is 10.0 Å². The molecule has 0 atom stereocenters. The molecule has 0 aliphatic heterocycles. The lowest BCUT2D eigenvalue weighted by atomic mass is 10.2. The second-order valence-corrected chi connectivity index (χ2v) is 8.20. The van der Waals surface area contributed by atoms with Crippen LogP contribution in [0.3, 0.4) is 0 Å². The van der Waals surface area contributed by atoms with Crippen molar-refractivity contribution >= 4 is 50.2 Å². The summed E-state index contributed by atoms with van der Waals surface area (Å²) < 4.78 is 31.9. The first-order valence-corrected chi connectivity index (χ1v) is 10.1. The van der Waals surface area contributed by atoms with Crippen molar-refractivity contribution in [2.75, 3.05) is 18.5 Å². The standard InChI is InChI=1S/C18H15IN2O5S/c1-2-10-20-27(24,25)16-8-6-13(7-9-16)18(23)26-12-17(22)21-15-5-3-4-14(19)11-15/h1,3-9,11,20H,10,12H2,(H,21,22). The Labute approximate surface area is 170 Å². The normalized spacial score (nSPS) is 10.7. The third kappa shape index (κ3) is 6.35. The summed E-state index contributed by atoms with van der Waals surface area (Å²) in [6.45, 7) is -0.601. The maximum absolute atomic E-state index is 12.0. The molecule has 2 aromatic carbocycles. The quantitative estimate of drug-likeness (QED) is 0.346. The van der Waals surface area contributed by atoms with Crippen LogP contribution in [0.1, 0.15) is 10.4 Å². The Morgan fingerprint density at radius 1 is 1.15 bits per heavy atom. The highest BCUT2D eigenvalue weighted by Gasteiger charge is 2.15. The first-order chi connectivity index (χ1) is 12.8. The molecule has 0 radical (unpaired) electrons. The average molecular weight is 498 g/mol. The molecular formula is C18H15IN2O5S. The number of amides is 1. The van der Waals surface area contributed by atoms with Gasteiger partial charge in [-0.3, -0.25) is 4.79 Å². The lowest BCUT2D eigenvalue weighted by molar-refractivity contribution is -0.119. The summed E-state index contributed by atoms with van der Waals surface area (Å²) >= 11 is 2.11. The summed E-state index contributed by atoms with van der Waals surface area (Å²) in [5.41, 5.74) is 0.713. The molecule has 9 heteroatoms. The smallest absolute Gasteiger partial charge is 0.338 e. The number of ether oxygens (including phenoxy) is 1. The van der Waals surface area contributed by atoms with Crippen LogP contribution in [0.15, 0.2) is 53.4 Å². The van der Waals surface area contributed by atoms with Gasteiger partial charge in [-0.25, -0.2) is 13.2 Å². The fourth-order valence-electron chi connectivity index (χ4n) is 1.97. The van der Waals surface area contributed by atoms with Gasteiger partial charge in [0.05, 0.1) is 17.0 Å². The van der Waals surface area contributed by atoms with Crippen LogP contribution in [0, 0.1) is 15.9 Å². The second kappa shape index (κ2) is 9.50. The van der Waals surface area contributed by atoms with E-state index in [1.807, 2.05) is 6.07 Å². The van der Waals surface area contributed by atoms with Crippen LogP contribution in [-0.2, 0) is 19.6 Å². The zero-order valence-corrected chi connectivity index (χ0v) is 16.9. The zero-order valence-electron chi connectivity index (χ0n) is 13.9. The van der Waals surface area contributed by atoms with Gasteiger partial charge in [-0.2, -0.15) is 4.72 Å². The molecule has 2 N–H and O–H groups in total. The molecule has 0 heterocycles. The van der Waals surface area contributed by atoms with Gasteiger partial charge in [-0.1, -0.05) is 12.0 Å². The predicted octanol–water partition coefficient (Wildman–Crippen LogP) is 2.00. The molecule has 0 unspecified atom stereocenters. The third-order valence-corrected chi connectivity index (χ3v) is 5.30. The molecule has 0 fully saturated rings. The lowest BCUT2D eigenvalue weighted by Gasteiger charge is -2.08. The van der Waals surface area contributed by atoms with E-state index in [4.69, 9.17) is 11.2 Å². The summed E-state index contributed by atoms with van der Waals surface area (Å²) in [6.07, 6.45) is 5.02. The van der Waals surface area contributed by atoms with Crippen molar-refractivity contribution in [1.82, 2.24) is 4.72 Å². The van der Waals surface area contributed by atoms with Crippen LogP contribution in [0.25, 0.3) is 0 Å². The van der Waals surface area contributed by atoms with Crippen LogP contribution in [0.5, 0.6) is 0 Å². The van der Waals surface area contributed by atoms with Gasteiger partial charge < -0.3 is 10.1 Å². The van der Waals surface area contributed by atoms with E-state index in [2.05, 4.69) is 38.6 Å². The van der Waals surface area contributed by atoms with Gasteiger partial charge in [-0.05, 0) is 65.1 Å². The average Bonchev–Trinajstić information content (AvgIpc) is 2.64. The number of hydrogen-bond donors (Lipinski definition) is 2. The number of hydrogen-bond acceptors (Lipinski definition) is 5. The molecule has 2 aromatic rings. The number of benzene rings is 2. The number of carbonyl (C=O) groups excluding carboxylic acids is 2. The van der Waals surface area contributed by atoms with E-state index < -0.39 is 28.5 Å². The van der Waals surface area contributed by atoms with Crippen LogP contribution in [0.4, 0.5) is 5.69 Å². The maximum Gasteiger partial charge on any atom is 0.338 e. The number of carbonyl (C=O) groups is 2. The number of esters is 1. The molecule has 0 saturated heterocycles. The predicted molar refractivity (Wildman–Crippen MR) is 109 cm³/mol. The van der Waals surface area contributed by atoms with Gasteiger partial charge in [0.25, 0.3) is 5.91 Å². The first kappa shape index (κ1) is 20.9. The maximum atomic E-state index is 12.0. The van der Waals surface area contributed by atoms with Crippen molar-refractivity contribution in [3.63, 3.8) is 0 Å². The molecule has 0 saturated carbocycles. The first-order valence-electron chi connectivity index (χ1n) is 7.57. The minimum Gasteiger partial charge on any atom is -0.452 e. The summed E-state index contributed by atoms with van der Waals surface area (Å²) in [7, 11) is -3.74. The topological polar surface area (TPSA) is 102 Å². The molecule has 140 valence electrons. The Hall–Kier alpha value is -2.42. The third-order valence-electron chi connectivity index (χ3n) is 3.21. The van der Waals surface area contributed by atoms with E-state index in [0.29, 0.717) is 5.69 Å². The molecule has 2 rings (SSSR count). The lowest BCUT2D eigenvalue weighted by Crippen LogP contribution is -2.24. The van der Waals surface area contributed by atoms with Crippen molar-refractivity contribution in [1.29, 1.82) is 0 Å². The van der Waals surface area contributed by atoms with E-state index in [1.165, 1.54) is 24.3 Å². The summed E-state index contributed by atoms with van der Waals surface area (Å²) in [6, 6.07) is 12.2. The van der Waals surface area contributed by atoms with Gasteiger partial charge in [0.2, 0.25) is 10.0 Å². The Kier molecular flexibility index (Phi) is 7.35. The summed E-state index contributed by atoms with van der Waals surface area (Å²) in [4.78, 5) is 23.8. The minimum absolute atomic E-state index is 0.0364. The van der Waals surface area contributed by atoms with E-state index in [1.54, 1.807) is 18.2 Å². The van der Waals surface area contributed by atoms with Crippen molar-refractivity contribution in [2.45, 2.75) is 4.90 Å². The Balaban J connectivity index is 1.92. The Morgan fingerprint density at radius 3 is 2.48 bits per heavy atom. The number of terminal acetylenes is 1. The van der Waals surface area contributed by atoms with Gasteiger partial charge in [0.1, 0.15) is 0 Å². The highest BCUT2D eigenvalue weighted by atomic mass is 127. The molecule has 0 spiro atoms. The van der Waals surface area contributed by atoms with Crippen molar-refractivity contribution in [3.8, 4) is 12.3 Å². The molecule has 1 amide bonds. The fraction of sp³-hybridized carbons (Fsp3) is 0.111. The molecule has 7 nitrogen and oxygen atoms in total. The number of halogens is 1.